The minimum absolute atomic E-state index is 1.09. The molecule has 1 N–H and O–H groups in total. The lowest BCUT2D eigenvalue weighted by atomic mass is 10.2. The Morgan fingerprint density at radius 1 is 0.706 bits per heavy atom. The number of hydrogen-bond acceptors (Lipinski definition) is 1. The summed E-state index contributed by atoms with van der Waals surface area (Å²) in [6.45, 7) is 0. The molecule has 0 aliphatic heterocycles. The van der Waals surface area contributed by atoms with Gasteiger partial charge in [-0.2, -0.15) is 0 Å². The predicted molar refractivity (Wildman–Crippen MR) is 74.7 cm³/mol. The van der Waals surface area contributed by atoms with Crippen LogP contribution in [0.25, 0.3) is 6.08 Å². The fourth-order valence-corrected chi connectivity index (χ4v) is 1.47. The van der Waals surface area contributed by atoms with Crippen LogP contribution in [0.15, 0.2) is 79.0 Å². The largest absolute Gasteiger partial charge is 0.362 e. The lowest BCUT2D eigenvalue weighted by molar-refractivity contribution is 1.58. The fourth-order valence-electron chi connectivity index (χ4n) is 1.47. The van der Waals surface area contributed by atoms with Crippen molar-refractivity contribution >= 4 is 11.8 Å². The number of rotatable bonds is 4. The van der Waals surface area contributed by atoms with Gasteiger partial charge < -0.3 is 5.32 Å². The van der Waals surface area contributed by atoms with Crippen LogP contribution in [0.3, 0.4) is 0 Å². The quantitative estimate of drug-likeness (QED) is 0.758. The van der Waals surface area contributed by atoms with E-state index in [9.17, 15) is 0 Å². The maximum absolute atomic E-state index is 3.20. The molecule has 0 radical (unpaired) electrons. The Kier molecular flexibility index (Phi) is 4.18. The van der Waals surface area contributed by atoms with Gasteiger partial charge in [0.2, 0.25) is 0 Å². The first-order chi connectivity index (χ1) is 8.45. The highest BCUT2D eigenvalue weighted by atomic mass is 14.8. The predicted octanol–water partition coefficient (Wildman–Crippen LogP) is 4.33. The van der Waals surface area contributed by atoms with Gasteiger partial charge in [-0.1, -0.05) is 60.7 Å². The highest BCUT2D eigenvalue weighted by molar-refractivity contribution is 5.51. The number of anilines is 1. The lowest BCUT2D eigenvalue weighted by Gasteiger charge is -1.97. The summed E-state index contributed by atoms with van der Waals surface area (Å²) in [5.41, 5.74) is 2.30. The van der Waals surface area contributed by atoms with Crippen molar-refractivity contribution in [3.8, 4) is 0 Å². The molecule has 1 heteroatoms. The first-order valence-electron chi connectivity index (χ1n) is 5.65. The fraction of sp³-hybridized carbons (Fsp3) is 0. The van der Waals surface area contributed by atoms with Gasteiger partial charge in [0, 0.05) is 11.9 Å². The highest BCUT2D eigenvalue weighted by Gasteiger charge is 1.82. The SMILES string of the molecule is C(/C=C/c1ccccc1)=C\Nc1ccccc1. The summed E-state index contributed by atoms with van der Waals surface area (Å²) in [7, 11) is 0. The lowest BCUT2D eigenvalue weighted by Crippen LogP contribution is -1.84. The topological polar surface area (TPSA) is 12.0 Å². The molecule has 0 atom stereocenters. The van der Waals surface area contributed by atoms with E-state index in [0.29, 0.717) is 0 Å². The van der Waals surface area contributed by atoms with E-state index < -0.39 is 0 Å². The first-order valence-corrected chi connectivity index (χ1v) is 5.65. The minimum Gasteiger partial charge on any atom is -0.362 e. The summed E-state index contributed by atoms with van der Waals surface area (Å²) in [4.78, 5) is 0. The number of allylic oxidation sites excluding steroid dienone is 2. The van der Waals surface area contributed by atoms with Gasteiger partial charge in [-0.15, -0.1) is 0 Å². The molecule has 0 spiro atoms. The summed E-state index contributed by atoms with van der Waals surface area (Å²) < 4.78 is 0. The van der Waals surface area contributed by atoms with Crippen LogP contribution in [0.4, 0.5) is 5.69 Å². The van der Waals surface area contributed by atoms with E-state index >= 15 is 0 Å². The van der Waals surface area contributed by atoms with Gasteiger partial charge in [0.05, 0.1) is 0 Å². The second-order valence-corrected chi connectivity index (χ2v) is 3.64. The molecule has 0 heterocycles. The van der Waals surface area contributed by atoms with Gasteiger partial charge in [0.15, 0.2) is 0 Å². The van der Waals surface area contributed by atoms with Crippen molar-refractivity contribution in [2.45, 2.75) is 0 Å². The van der Waals surface area contributed by atoms with Crippen molar-refractivity contribution in [2.24, 2.45) is 0 Å². The maximum atomic E-state index is 3.20. The number of nitrogens with one attached hydrogen (secondary N) is 1. The molecule has 2 rings (SSSR count). The van der Waals surface area contributed by atoms with Crippen LogP contribution in [0.5, 0.6) is 0 Å². The van der Waals surface area contributed by atoms with Crippen LogP contribution in [0, 0.1) is 0 Å². The Morgan fingerprint density at radius 2 is 1.35 bits per heavy atom. The molecular weight excluding hydrogens is 206 g/mol. The Bertz CT molecular complexity index is 483. The van der Waals surface area contributed by atoms with E-state index in [-0.39, 0.29) is 0 Å². The third-order valence-corrected chi connectivity index (χ3v) is 2.32. The molecule has 0 saturated carbocycles. The Labute approximate surface area is 102 Å². The Balaban J connectivity index is 1.85. The summed E-state index contributed by atoms with van der Waals surface area (Å²) in [6, 6.07) is 20.3. The van der Waals surface area contributed by atoms with Gasteiger partial charge in [-0.3, -0.25) is 0 Å². The molecule has 0 bridgehead atoms. The van der Waals surface area contributed by atoms with Crippen LogP contribution in [-0.2, 0) is 0 Å². The zero-order valence-corrected chi connectivity index (χ0v) is 9.58. The van der Waals surface area contributed by atoms with Crippen LogP contribution in [-0.4, -0.2) is 0 Å². The summed E-state index contributed by atoms with van der Waals surface area (Å²) in [6.07, 6.45) is 8.00. The molecule has 0 fully saturated rings. The molecule has 0 aliphatic carbocycles. The second-order valence-electron chi connectivity index (χ2n) is 3.64. The number of para-hydroxylation sites is 1. The number of hydrogen-bond donors (Lipinski definition) is 1. The van der Waals surface area contributed by atoms with E-state index in [2.05, 4.69) is 23.5 Å². The van der Waals surface area contributed by atoms with Crippen molar-refractivity contribution in [2.75, 3.05) is 5.32 Å². The van der Waals surface area contributed by atoms with Crippen LogP contribution in [0.1, 0.15) is 5.56 Å². The van der Waals surface area contributed by atoms with Gasteiger partial charge in [-0.05, 0) is 23.8 Å². The van der Waals surface area contributed by atoms with Crippen LogP contribution < -0.4 is 5.32 Å². The third kappa shape index (κ3) is 3.99. The van der Waals surface area contributed by atoms with E-state index in [1.54, 1.807) is 0 Å². The zero-order chi connectivity index (χ0) is 11.8. The average molecular weight is 221 g/mol. The average Bonchev–Trinajstić information content (AvgIpc) is 2.41. The second kappa shape index (κ2) is 6.33. The summed E-state index contributed by atoms with van der Waals surface area (Å²) in [5, 5.41) is 3.20. The Hall–Kier alpha value is -2.28. The van der Waals surface area contributed by atoms with Crippen molar-refractivity contribution < 1.29 is 0 Å². The normalized spacial score (nSPS) is 11.1. The molecule has 2 aromatic rings. The highest BCUT2D eigenvalue weighted by Crippen LogP contribution is 2.04. The molecule has 0 aromatic heterocycles. The molecule has 0 aliphatic rings. The monoisotopic (exact) mass is 221 g/mol. The minimum atomic E-state index is 1.09. The molecule has 0 unspecified atom stereocenters. The van der Waals surface area contributed by atoms with Gasteiger partial charge in [0.25, 0.3) is 0 Å². The molecule has 17 heavy (non-hydrogen) atoms. The number of benzene rings is 2. The van der Waals surface area contributed by atoms with Gasteiger partial charge >= 0.3 is 0 Å². The molecule has 0 saturated heterocycles. The molecule has 2 aromatic carbocycles. The molecular formula is C16H15N. The Morgan fingerprint density at radius 3 is 2.06 bits per heavy atom. The van der Waals surface area contributed by atoms with Crippen molar-refractivity contribution in [3.05, 3.63) is 84.6 Å². The summed E-state index contributed by atoms with van der Waals surface area (Å²) >= 11 is 0. The standard InChI is InChI=1S/C16H15N/c1-3-9-15(10-4-1)11-7-8-14-17-16-12-5-2-6-13-16/h1-14,17H/b11-7+,14-8+. The molecule has 1 nitrogen and oxygen atoms in total. The van der Waals surface area contributed by atoms with E-state index in [0.717, 1.165) is 5.69 Å². The van der Waals surface area contributed by atoms with Crippen LogP contribution in [0.2, 0.25) is 0 Å². The van der Waals surface area contributed by atoms with E-state index in [1.165, 1.54) is 5.56 Å². The third-order valence-electron chi connectivity index (χ3n) is 2.32. The molecule has 84 valence electrons. The van der Waals surface area contributed by atoms with E-state index in [4.69, 9.17) is 0 Å². The van der Waals surface area contributed by atoms with E-state index in [1.807, 2.05) is 66.9 Å². The zero-order valence-electron chi connectivity index (χ0n) is 9.58. The molecule has 0 amide bonds. The van der Waals surface area contributed by atoms with Gasteiger partial charge in [0.1, 0.15) is 0 Å². The van der Waals surface area contributed by atoms with Crippen molar-refractivity contribution in [1.29, 1.82) is 0 Å². The van der Waals surface area contributed by atoms with Gasteiger partial charge in [-0.25, -0.2) is 0 Å². The first kappa shape index (κ1) is 11.2. The van der Waals surface area contributed by atoms with Crippen LogP contribution >= 0.6 is 0 Å². The summed E-state index contributed by atoms with van der Waals surface area (Å²) in [5.74, 6) is 0. The van der Waals surface area contributed by atoms with Crippen molar-refractivity contribution in [1.82, 2.24) is 0 Å². The maximum Gasteiger partial charge on any atom is 0.0379 e. The van der Waals surface area contributed by atoms with Crippen molar-refractivity contribution in [3.63, 3.8) is 0 Å². The smallest absolute Gasteiger partial charge is 0.0379 e.